The molecule has 4 N–H and O–H groups in total. The average molecular weight is 408 g/mol. The Hall–Kier alpha value is -0.298. The van der Waals surface area contributed by atoms with Crippen LogP contribution in [0.2, 0.25) is 0 Å². The van der Waals surface area contributed by atoms with Gasteiger partial charge in [-0.05, 0) is 0 Å². The van der Waals surface area contributed by atoms with Gasteiger partial charge < -0.3 is 0 Å². The van der Waals surface area contributed by atoms with Crippen LogP contribution in [0.3, 0.4) is 0 Å². The van der Waals surface area contributed by atoms with Gasteiger partial charge >= 0.3 is 119 Å². The van der Waals surface area contributed by atoms with E-state index in [2.05, 4.69) is 24.3 Å². The van der Waals surface area contributed by atoms with E-state index in [1.165, 1.54) is 8.92 Å². The predicted octanol–water partition coefficient (Wildman–Crippen LogP) is 0.123. The van der Waals surface area contributed by atoms with E-state index in [0.29, 0.717) is 25.3 Å². The standard InChI is InChI=1S/2C6H7NSe.Zn/c2*7-5-3-1-2-4-6(5)8;/h2*1-4,8H,7H2;/q;;+2/p-2. The van der Waals surface area contributed by atoms with Gasteiger partial charge in [0.05, 0.1) is 0 Å². The first kappa shape index (κ1) is 13.1. The van der Waals surface area contributed by atoms with Gasteiger partial charge in [-0.2, -0.15) is 0 Å². The van der Waals surface area contributed by atoms with Crippen molar-refractivity contribution in [1.82, 2.24) is 0 Å². The fourth-order valence-corrected chi connectivity index (χ4v) is 30.6. The molecule has 5 heteroatoms. The fraction of sp³-hybridized carbons (Fsp3) is 0. The number of nitrogen functional groups attached to an aromatic ring is 2. The molecule has 0 bridgehead atoms. The Labute approximate surface area is 118 Å². The van der Waals surface area contributed by atoms with Gasteiger partial charge in [0.15, 0.2) is 0 Å². The molecule has 17 heavy (non-hydrogen) atoms. The second-order valence-electron chi connectivity index (χ2n) is 3.48. The van der Waals surface area contributed by atoms with E-state index >= 15 is 0 Å². The molecule has 84 valence electrons. The van der Waals surface area contributed by atoms with E-state index in [1.807, 2.05) is 24.3 Å². The summed E-state index contributed by atoms with van der Waals surface area (Å²) in [6, 6.07) is 16.5. The van der Waals surface area contributed by atoms with Crippen molar-refractivity contribution >= 4 is 45.6 Å². The summed E-state index contributed by atoms with van der Waals surface area (Å²) < 4.78 is 2.77. The molecule has 0 fully saturated rings. The zero-order valence-corrected chi connectivity index (χ0v) is 15.7. The normalized spacial score (nSPS) is 9.88. The quantitative estimate of drug-likeness (QED) is 0.559. The Morgan fingerprint density at radius 3 is 1.53 bits per heavy atom. The summed E-state index contributed by atoms with van der Waals surface area (Å²) in [5, 5.41) is 0. The van der Waals surface area contributed by atoms with Crippen molar-refractivity contribution in [2.75, 3.05) is 11.5 Å². The topological polar surface area (TPSA) is 52.0 Å². The van der Waals surface area contributed by atoms with Crippen molar-refractivity contribution in [3.05, 3.63) is 48.5 Å². The third-order valence-electron chi connectivity index (χ3n) is 2.27. The molecule has 0 unspecified atom stereocenters. The molecule has 0 aliphatic rings. The Kier molecular flexibility index (Phi) is 5.09. The van der Waals surface area contributed by atoms with Gasteiger partial charge in [0.2, 0.25) is 0 Å². The van der Waals surface area contributed by atoms with E-state index in [1.54, 1.807) is 0 Å². The Bertz CT molecular complexity index is 460. The van der Waals surface area contributed by atoms with E-state index in [4.69, 9.17) is 11.5 Å². The number of rotatable bonds is 4. The first-order valence-electron chi connectivity index (χ1n) is 5.22. The number of hydrogen-bond acceptors (Lipinski definition) is 2. The molecule has 0 saturated carbocycles. The number of hydrogen-bond donors (Lipinski definition) is 2. The van der Waals surface area contributed by atoms with Crippen LogP contribution < -0.4 is 20.4 Å². The number of benzene rings is 2. The summed E-state index contributed by atoms with van der Waals surface area (Å²) in [7, 11) is 0. The maximum atomic E-state index is 5.96. The zero-order chi connectivity index (χ0) is 12.1. The van der Waals surface area contributed by atoms with Crippen LogP contribution in [0.15, 0.2) is 48.5 Å². The van der Waals surface area contributed by atoms with Gasteiger partial charge in [0, 0.05) is 0 Å². The molecule has 0 spiro atoms. The van der Waals surface area contributed by atoms with Gasteiger partial charge in [-0.25, -0.2) is 0 Å². The Morgan fingerprint density at radius 1 is 0.706 bits per heavy atom. The van der Waals surface area contributed by atoms with Crippen molar-refractivity contribution in [1.29, 1.82) is 0 Å². The van der Waals surface area contributed by atoms with Gasteiger partial charge in [0.25, 0.3) is 0 Å². The molecule has 2 nitrogen and oxygen atoms in total. The average Bonchev–Trinajstić information content (AvgIpc) is 2.34. The molecule has 2 aromatic rings. The molecule has 0 heterocycles. The fourth-order valence-electron chi connectivity index (χ4n) is 1.38. The second-order valence-corrected chi connectivity index (χ2v) is 29.2. The van der Waals surface area contributed by atoms with Crippen molar-refractivity contribution in [3.63, 3.8) is 0 Å². The molecule has 0 aliphatic carbocycles. The molecule has 0 amide bonds. The van der Waals surface area contributed by atoms with Crippen LogP contribution in [0.5, 0.6) is 0 Å². The summed E-state index contributed by atoms with van der Waals surface area (Å²) in [5.41, 5.74) is 13.9. The van der Waals surface area contributed by atoms with Crippen molar-refractivity contribution in [3.8, 4) is 0 Å². The van der Waals surface area contributed by atoms with Crippen LogP contribution in [0.25, 0.3) is 0 Å². The summed E-state index contributed by atoms with van der Waals surface area (Å²) in [6.07, 6.45) is 0. The summed E-state index contributed by atoms with van der Waals surface area (Å²) in [6.45, 7) is 0. The molecule has 0 aromatic heterocycles. The summed E-state index contributed by atoms with van der Waals surface area (Å²) in [4.78, 5) is 0. The maximum absolute atomic E-state index is 5.96. The SMILES string of the molecule is Nc1ccccc1[Se][Zn][Se]c1ccccc1N. The molecule has 0 atom stereocenters. The van der Waals surface area contributed by atoms with Crippen LogP contribution in [-0.4, -0.2) is 25.3 Å². The minimum absolute atomic E-state index is 0.504. The van der Waals surface area contributed by atoms with Crippen molar-refractivity contribution in [2.45, 2.75) is 0 Å². The van der Waals surface area contributed by atoms with E-state index in [9.17, 15) is 0 Å². The van der Waals surface area contributed by atoms with E-state index < -0.39 is 13.2 Å². The van der Waals surface area contributed by atoms with E-state index in [-0.39, 0.29) is 0 Å². The molecule has 0 aliphatic heterocycles. The van der Waals surface area contributed by atoms with Crippen LogP contribution in [-0.2, 0) is 13.2 Å². The third-order valence-corrected chi connectivity index (χ3v) is 28.3. The molecular formula is C12H12N2Se2Zn. The van der Waals surface area contributed by atoms with Gasteiger partial charge in [0.1, 0.15) is 0 Å². The molecule has 2 aromatic carbocycles. The van der Waals surface area contributed by atoms with Crippen LogP contribution in [0.1, 0.15) is 0 Å². The summed E-state index contributed by atoms with van der Waals surface area (Å²) in [5.74, 6) is 0. The monoisotopic (exact) mass is 408 g/mol. The third kappa shape index (κ3) is 3.84. The second kappa shape index (κ2) is 6.59. The summed E-state index contributed by atoms with van der Waals surface area (Å²) >= 11 is 0.775. The van der Waals surface area contributed by atoms with E-state index in [0.717, 1.165) is 11.4 Å². The van der Waals surface area contributed by atoms with Crippen LogP contribution in [0.4, 0.5) is 11.4 Å². The molecule has 0 saturated heterocycles. The zero-order valence-electron chi connectivity index (χ0n) is 9.30. The van der Waals surface area contributed by atoms with Gasteiger partial charge in [-0.3, -0.25) is 0 Å². The first-order chi connectivity index (χ1) is 8.27. The number of anilines is 2. The first-order valence-corrected chi connectivity index (χ1v) is 21.9. The molecular weight excluding hydrogens is 395 g/mol. The van der Waals surface area contributed by atoms with Crippen LogP contribution in [0, 0.1) is 0 Å². The Balaban J connectivity index is 1.93. The predicted molar refractivity (Wildman–Crippen MR) is 72.5 cm³/mol. The number of nitrogens with two attached hydrogens (primary N) is 2. The van der Waals surface area contributed by atoms with Gasteiger partial charge in [-0.1, -0.05) is 0 Å². The number of para-hydroxylation sites is 2. The minimum atomic E-state index is -0.504. The molecule has 0 radical (unpaired) electrons. The van der Waals surface area contributed by atoms with Crippen molar-refractivity contribution < 1.29 is 13.2 Å². The Morgan fingerprint density at radius 2 is 1.12 bits per heavy atom. The molecule has 2 rings (SSSR count). The van der Waals surface area contributed by atoms with Gasteiger partial charge in [-0.15, -0.1) is 0 Å². The van der Waals surface area contributed by atoms with Crippen molar-refractivity contribution in [2.24, 2.45) is 0 Å². The van der Waals surface area contributed by atoms with Crippen LogP contribution >= 0.6 is 0 Å².